The lowest BCUT2D eigenvalue weighted by molar-refractivity contribution is 0.488. The highest BCUT2D eigenvalue weighted by atomic mass is 15.3. The van der Waals surface area contributed by atoms with Crippen molar-refractivity contribution >= 4 is 0 Å². The Kier molecular flexibility index (Phi) is 2.49. The first-order valence-corrected chi connectivity index (χ1v) is 3.82. The zero-order valence-corrected chi connectivity index (χ0v) is 6.14. The molecule has 0 radical (unpaired) electrons. The maximum absolute atomic E-state index is 5.36. The van der Waals surface area contributed by atoms with E-state index in [0.717, 1.165) is 19.0 Å². The van der Waals surface area contributed by atoms with E-state index in [1.165, 1.54) is 19.5 Å². The predicted octanol–water partition coefficient (Wildman–Crippen LogP) is 0.429. The number of hydrogen-bond donors (Lipinski definition) is 1. The van der Waals surface area contributed by atoms with Gasteiger partial charge >= 0.3 is 0 Å². The molecule has 0 bridgehead atoms. The molecule has 0 amide bonds. The van der Waals surface area contributed by atoms with Crippen molar-refractivity contribution in [3.8, 4) is 0 Å². The Morgan fingerprint density at radius 2 is 2.44 bits per heavy atom. The van der Waals surface area contributed by atoms with Gasteiger partial charge in [0.2, 0.25) is 0 Å². The number of nitrogens with two attached hydrogens (primary N) is 1. The van der Waals surface area contributed by atoms with Crippen LogP contribution in [-0.2, 0) is 0 Å². The first kappa shape index (κ1) is 7.03. The topological polar surface area (TPSA) is 29.0 Å². The van der Waals surface area contributed by atoms with Crippen LogP contribution in [0.5, 0.6) is 0 Å². The van der Waals surface area contributed by atoms with Crippen molar-refractivity contribution in [2.24, 2.45) is 5.73 Å². The van der Waals surface area contributed by atoms with Gasteiger partial charge in [-0.1, -0.05) is 6.92 Å². The van der Waals surface area contributed by atoms with E-state index >= 15 is 0 Å². The Labute approximate surface area is 57.0 Å². The van der Waals surface area contributed by atoms with Crippen molar-refractivity contribution in [3.05, 3.63) is 0 Å². The van der Waals surface area contributed by atoms with Gasteiger partial charge in [0.15, 0.2) is 0 Å². The van der Waals surface area contributed by atoms with Gasteiger partial charge in [-0.3, -0.25) is 4.90 Å². The third kappa shape index (κ3) is 1.95. The molecule has 9 heavy (non-hydrogen) atoms. The second-order valence-electron chi connectivity index (χ2n) is 2.70. The summed E-state index contributed by atoms with van der Waals surface area (Å²) >= 11 is 0. The van der Waals surface area contributed by atoms with Crippen molar-refractivity contribution in [1.29, 1.82) is 0 Å². The standard InChI is InChI=1S/C7H16N2/c1-2-7-6-9(7)5-3-4-8/h7H,2-6,8H2,1H3. The second-order valence-corrected chi connectivity index (χ2v) is 2.70. The molecule has 2 unspecified atom stereocenters. The Bertz CT molecular complexity index is 83.0. The summed E-state index contributed by atoms with van der Waals surface area (Å²) in [6.07, 6.45) is 2.47. The van der Waals surface area contributed by atoms with E-state index in [-0.39, 0.29) is 0 Å². The molecular weight excluding hydrogens is 112 g/mol. The lowest BCUT2D eigenvalue weighted by Crippen LogP contribution is -2.09. The third-order valence-corrected chi connectivity index (χ3v) is 1.95. The second kappa shape index (κ2) is 3.18. The fraction of sp³-hybridized carbons (Fsp3) is 1.00. The van der Waals surface area contributed by atoms with Crippen LogP contribution in [0.15, 0.2) is 0 Å². The molecule has 1 heterocycles. The van der Waals surface area contributed by atoms with E-state index in [9.17, 15) is 0 Å². The number of nitrogens with zero attached hydrogens (tertiary/aromatic N) is 1. The largest absolute Gasteiger partial charge is 0.330 e. The molecule has 2 nitrogen and oxygen atoms in total. The average molecular weight is 128 g/mol. The molecule has 1 aliphatic heterocycles. The Morgan fingerprint density at radius 3 is 2.89 bits per heavy atom. The van der Waals surface area contributed by atoms with Gasteiger partial charge in [0, 0.05) is 12.6 Å². The van der Waals surface area contributed by atoms with Crippen molar-refractivity contribution in [1.82, 2.24) is 4.90 Å². The first-order valence-electron chi connectivity index (χ1n) is 3.82. The molecule has 0 aromatic rings. The molecule has 2 atom stereocenters. The van der Waals surface area contributed by atoms with Crippen LogP contribution >= 0.6 is 0 Å². The summed E-state index contributed by atoms with van der Waals surface area (Å²) in [7, 11) is 0. The molecule has 54 valence electrons. The average Bonchev–Trinajstić information content (AvgIpc) is 2.62. The Hall–Kier alpha value is -0.0800. The van der Waals surface area contributed by atoms with Crippen LogP contribution in [0.1, 0.15) is 19.8 Å². The molecule has 0 aromatic heterocycles. The highest BCUT2D eigenvalue weighted by Crippen LogP contribution is 2.19. The van der Waals surface area contributed by atoms with Gasteiger partial charge in [0.1, 0.15) is 0 Å². The number of hydrogen-bond acceptors (Lipinski definition) is 2. The van der Waals surface area contributed by atoms with Gasteiger partial charge in [-0.15, -0.1) is 0 Å². The highest BCUT2D eigenvalue weighted by Gasteiger charge is 2.30. The normalized spacial score (nSPS) is 32.7. The molecule has 1 aliphatic rings. The van der Waals surface area contributed by atoms with Gasteiger partial charge in [0.05, 0.1) is 0 Å². The van der Waals surface area contributed by atoms with E-state index in [2.05, 4.69) is 11.8 Å². The molecule has 0 aliphatic carbocycles. The zero-order chi connectivity index (χ0) is 6.69. The first-order chi connectivity index (χ1) is 4.38. The molecule has 0 spiro atoms. The maximum Gasteiger partial charge on any atom is 0.0221 e. The van der Waals surface area contributed by atoms with Gasteiger partial charge in [-0.25, -0.2) is 0 Å². The summed E-state index contributed by atoms with van der Waals surface area (Å²) in [5.41, 5.74) is 5.36. The predicted molar refractivity (Wildman–Crippen MR) is 39.3 cm³/mol. The lowest BCUT2D eigenvalue weighted by Gasteiger charge is -1.98. The summed E-state index contributed by atoms with van der Waals surface area (Å²) in [6, 6.07) is 0.900. The lowest BCUT2D eigenvalue weighted by atomic mass is 10.4. The van der Waals surface area contributed by atoms with Crippen molar-refractivity contribution in [2.75, 3.05) is 19.6 Å². The zero-order valence-electron chi connectivity index (χ0n) is 6.14. The third-order valence-electron chi connectivity index (χ3n) is 1.95. The summed E-state index contributed by atoms with van der Waals surface area (Å²) in [6.45, 7) is 5.62. The molecule has 1 rings (SSSR count). The Balaban J connectivity index is 1.92. The minimum absolute atomic E-state index is 0.840. The van der Waals surface area contributed by atoms with Gasteiger partial charge in [-0.2, -0.15) is 0 Å². The fourth-order valence-electron chi connectivity index (χ4n) is 1.18. The molecule has 0 saturated carbocycles. The molecule has 0 aromatic carbocycles. The van der Waals surface area contributed by atoms with Gasteiger partial charge in [-0.05, 0) is 25.9 Å². The monoisotopic (exact) mass is 128 g/mol. The molecular formula is C7H16N2. The molecule has 2 heteroatoms. The fourth-order valence-corrected chi connectivity index (χ4v) is 1.18. The SMILES string of the molecule is CCC1CN1CCCN. The van der Waals surface area contributed by atoms with Crippen LogP contribution in [0.25, 0.3) is 0 Å². The smallest absolute Gasteiger partial charge is 0.0221 e. The van der Waals surface area contributed by atoms with Crippen molar-refractivity contribution in [3.63, 3.8) is 0 Å². The van der Waals surface area contributed by atoms with Crippen molar-refractivity contribution in [2.45, 2.75) is 25.8 Å². The van der Waals surface area contributed by atoms with Crippen LogP contribution in [0.3, 0.4) is 0 Å². The van der Waals surface area contributed by atoms with Crippen LogP contribution < -0.4 is 5.73 Å². The summed E-state index contributed by atoms with van der Waals surface area (Å²) in [4.78, 5) is 2.48. The molecule has 1 saturated heterocycles. The molecule has 1 fully saturated rings. The van der Waals surface area contributed by atoms with E-state index in [1.54, 1.807) is 0 Å². The van der Waals surface area contributed by atoms with E-state index in [4.69, 9.17) is 5.73 Å². The Morgan fingerprint density at radius 1 is 1.67 bits per heavy atom. The molecule has 2 N–H and O–H groups in total. The quantitative estimate of drug-likeness (QED) is 0.556. The van der Waals surface area contributed by atoms with Crippen LogP contribution in [0.4, 0.5) is 0 Å². The van der Waals surface area contributed by atoms with E-state index in [0.29, 0.717) is 0 Å². The summed E-state index contributed by atoms with van der Waals surface area (Å²) in [5.74, 6) is 0. The summed E-state index contributed by atoms with van der Waals surface area (Å²) in [5, 5.41) is 0. The van der Waals surface area contributed by atoms with Gasteiger partial charge in [0.25, 0.3) is 0 Å². The summed E-state index contributed by atoms with van der Waals surface area (Å²) < 4.78 is 0. The van der Waals surface area contributed by atoms with Crippen molar-refractivity contribution < 1.29 is 0 Å². The van der Waals surface area contributed by atoms with Gasteiger partial charge < -0.3 is 5.73 Å². The maximum atomic E-state index is 5.36. The van der Waals surface area contributed by atoms with E-state index < -0.39 is 0 Å². The minimum Gasteiger partial charge on any atom is -0.330 e. The van der Waals surface area contributed by atoms with E-state index in [1.807, 2.05) is 0 Å². The van der Waals surface area contributed by atoms with Crippen LogP contribution in [-0.4, -0.2) is 30.6 Å². The minimum atomic E-state index is 0.840. The van der Waals surface area contributed by atoms with Crippen LogP contribution in [0.2, 0.25) is 0 Å². The van der Waals surface area contributed by atoms with Crippen LogP contribution in [0, 0.1) is 0 Å². The number of rotatable bonds is 4. The highest BCUT2D eigenvalue weighted by molar-refractivity contribution is 4.87.